The zero-order valence-corrected chi connectivity index (χ0v) is 9.91. The van der Waals surface area contributed by atoms with Gasteiger partial charge in [0.15, 0.2) is 11.6 Å². The highest BCUT2D eigenvalue weighted by atomic mass is 19.1. The topological polar surface area (TPSA) is 73.6 Å². The van der Waals surface area contributed by atoms with Gasteiger partial charge in [-0.3, -0.25) is 0 Å². The van der Waals surface area contributed by atoms with Crippen molar-refractivity contribution in [2.75, 3.05) is 17.7 Å². The van der Waals surface area contributed by atoms with Crippen LogP contribution in [0.3, 0.4) is 0 Å². The maximum Gasteiger partial charge on any atom is 0.224 e. The van der Waals surface area contributed by atoms with E-state index in [2.05, 4.69) is 20.6 Å². The van der Waals surface area contributed by atoms with Crippen molar-refractivity contribution in [1.82, 2.24) is 9.97 Å². The minimum absolute atomic E-state index is 0.138. The molecule has 1 aromatic carbocycles. The Morgan fingerprint density at radius 1 is 1.26 bits per heavy atom. The van der Waals surface area contributed by atoms with Gasteiger partial charge < -0.3 is 10.6 Å². The van der Waals surface area contributed by atoms with E-state index < -0.39 is 11.6 Å². The molecule has 96 valence electrons. The van der Waals surface area contributed by atoms with Gasteiger partial charge >= 0.3 is 0 Å². The molecule has 7 heteroatoms. The Labute approximate surface area is 107 Å². The Hall–Kier alpha value is -2.75. The monoisotopic (exact) mass is 261 g/mol. The van der Waals surface area contributed by atoms with Gasteiger partial charge in [0.1, 0.15) is 17.4 Å². The molecular formula is C12H9F2N5. The smallest absolute Gasteiger partial charge is 0.224 e. The van der Waals surface area contributed by atoms with Crippen molar-refractivity contribution in [3.8, 4) is 6.07 Å². The van der Waals surface area contributed by atoms with E-state index in [0.29, 0.717) is 0 Å². The van der Waals surface area contributed by atoms with Crippen LogP contribution >= 0.6 is 0 Å². The van der Waals surface area contributed by atoms with Gasteiger partial charge in [-0.25, -0.2) is 13.8 Å². The summed E-state index contributed by atoms with van der Waals surface area (Å²) in [6, 6.07) is 5.74. The van der Waals surface area contributed by atoms with Crippen molar-refractivity contribution in [2.45, 2.75) is 0 Å². The van der Waals surface area contributed by atoms with E-state index in [4.69, 9.17) is 5.26 Å². The van der Waals surface area contributed by atoms with E-state index in [1.807, 2.05) is 0 Å². The molecule has 2 rings (SSSR count). The summed E-state index contributed by atoms with van der Waals surface area (Å²) in [6.07, 6.45) is 0.979. The quantitative estimate of drug-likeness (QED) is 0.887. The number of hydrogen-bond donors (Lipinski definition) is 2. The van der Waals surface area contributed by atoms with Crippen LogP contribution in [0.4, 0.5) is 26.2 Å². The number of anilines is 3. The number of halogens is 2. The Morgan fingerprint density at radius 2 is 2.05 bits per heavy atom. The molecule has 5 nitrogen and oxygen atoms in total. The third kappa shape index (κ3) is 2.57. The molecule has 0 unspecified atom stereocenters. The second kappa shape index (κ2) is 5.27. The molecule has 1 heterocycles. The van der Waals surface area contributed by atoms with Gasteiger partial charge in [0.05, 0.1) is 11.9 Å². The highest BCUT2D eigenvalue weighted by Gasteiger charge is 2.11. The third-order valence-electron chi connectivity index (χ3n) is 2.35. The maximum atomic E-state index is 13.5. The summed E-state index contributed by atoms with van der Waals surface area (Å²) >= 11 is 0. The molecular weight excluding hydrogens is 252 g/mol. The molecule has 0 aliphatic heterocycles. The summed E-state index contributed by atoms with van der Waals surface area (Å²) in [5.41, 5.74) is -0.0614. The van der Waals surface area contributed by atoms with Gasteiger partial charge in [0.2, 0.25) is 5.95 Å². The number of hydrogen-bond acceptors (Lipinski definition) is 5. The lowest BCUT2D eigenvalue weighted by Gasteiger charge is -2.09. The molecule has 2 N–H and O–H groups in total. The second-order valence-electron chi connectivity index (χ2n) is 3.54. The molecule has 0 atom stereocenters. The maximum absolute atomic E-state index is 13.5. The highest BCUT2D eigenvalue weighted by molar-refractivity contribution is 5.65. The molecule has 1 aromatic heterocycles. The summed E-state index contributed by atoms with van der Waals surface area (Å²) in [7, 11) is 1.58. The van der Waals surface area contributed by atoms with E-state index in [9.17, 15) is 8.78 Å². The summed E-state index contributed by atoms with van der Waals surface area (Å²) in [5.74, 6) is -1.32. The van der Waals surface area contributed by atoms with E-state index in [1.54, 1.807) is 13.1 Å². The molecule has 0 fully saturated rings. The number of aromatic nitrogens is 2. The summed E-state index contributed by atoms with van der Waals surface area (Å²) in [5, 5.41) is 14.1. The molecule has 0 spiro atoms. The first-order valence-corrected chi connectivity index (χ1v) is 5.31. The lowest BCUT2D eigenvalue weighted by atomic mass is 10.2. The molecule has 0 aliphatic carbocycles. The SMILES string of the molecule is CNc1ncc(F)c(Nc2cccc(F)c2C#N)n1. The zero-order valence-electron chi connectivity index (χ0n) is 9.91. The van der Waals surface area contributed by atoms with Crippen LogP contribution in [-0.4, -0.2) is 17.0 Å². The number of nitriles is 1. The van der Waals surface area contributed by atoms with Crippen LogP contribution in [0.25, 0.3) is 0 Å². The first-order chi connectivity index (χ1) is 9.15. The molecule has 2 aromatic rings. The predicted molar refractivity (Wildman–Crippen MR) is 65.9 cm³/mol. The number of rotatable bonds is 3. The fourth-order valence-corrected chi connectivity index (χ4v) is 1.44. The summed E-state index contributed by atoms with van der Waals surface area (Å²) < 4.78 is 26.9. The van der Waals surface area contributed by atoms with Crippen LogP contribution < -0.4 is 10.6 Å². The van der Waals surface area contributed by atoms with Gasteiger partial charge in [0, 0.05) is 7.05 Å². The van der Waals surface area contributed by atoms with E-state index in [-0.39, 0.29) is 23.0 Å². The Morgan fingerprint density at radius 3 is 2.74 bits per heavy atom. The second-order valence-corrected chi connectivity index (χ2v) is 3.54. The Balaban J connectivity index is 2.42. The Kier molecular flexibility index (Phi) is 3.52. The van der Waals surface area contributed by atoms with Crippen LogP contribution in [0, 0.1) is 23.0 Å². The first kappa shape index (κ1) is 12.7. The standard InChI is InChI=1S/C12H9F2N5/c1-16-12-17-6-9(14)11(19-12)18-10-4-2-3-8(13)7(10)5-15/h2-4,6H,1H3,(H2,16,17,18,19). The summed E-state index contributed by atoms with van der Waals surface area (Å²) in [6.45, 7) is 0. The van der Waals surface area contributed by atoms with Gasteiger partial charge in [-0.2, -0.15) is 10.2 Å². The van der Waals surface area contributed by atoms with Gasteiger partial charge in [-0.05, 0) is 12.1 Å². The van der Waals surface area contributed by atoms with Crippen LogP contribution in [0.1, 0.15) is 5.56 Å². The number of nitrogens with zero attached hydrogens (tertiary/aromatic N) is 3. The lowest BCUT2D eigenvalue weighted by Crippen LogP contribution is -2.04. The van der Waals surface area contributed by atoms with Gasteiger partial charge in [-0.1, -0.05) is 6.07 Å². The highest BCUT2D eigenvalue weighted by Crippen LogP contribution is 2.23. The average molecular weight is 261 g/mol. The number of nitrogens with one attached hydrogen (secondary N) is 2. The van der Waals surface area contributed by atoms with Crippen molar-refractivity contribution in [3.05, 3.63) is 41.6 Å². The predicted octanol–water partition coefficient (Wildman–Crippen LogP) is 2.41. The first-order valence-electron chi connectivity index (χ1n) is 5.31. The van der Waals surface area contributed by atoms with Crippen molar-refractivity contribution < 1.29 is 8.78 Å². The largest absolute Gasteiger partial charge is 0.357 e. The van der Waals surface area contributed by atoms with E-state index >= 15 is 0 Å². The van der Waals surface area contributed by atoms with Crippen molar-refractivity contribution in [1.29, 1.82) is 5.26 Å². The zero-order chi connectivity index (χ0) is 13.8. The minimum atomic E-state index is -0.702. The van der Waals surface area contributed by atoms with Gasteiger partial charge in [-0.15, -0.1) is 0 Å². The fraction of sp³-hybridized carbons (Fsp3) is 0.0833. The average Bonchev–Trinajstić information content (AvgIpc) is 2.41. The van der Waals surface area contributed by atoms with Crippen LogP contribution in [0.5, 0.6) is 0 Å². The van der Waals surface area contributed by atoms with Gasteiger partial charge in [0.25, 0.3) is 0 Å². The molecule has 0 aliphatic rings. The third-order valence-corrected chi connectivity index (χ3v) is 2.35. The molecule has 0 bridgehead atoms. The normalized spacial score (nSPS) is 9.79. The lowest BCUT2D eigenvalue weighted by molar-refractivity contribution is 0.618. The molecule has 0 saturated carbocycles. The molecule has 0 amide bonds. The van der Waals surface area contributed by atoms with E-state index in [1.165, 1.54) is 12.1 Å². The van der Waals surface area contributed by atoms with Crippen LogP contribution in [0.2, 0.25) is 0 Å². The molecule has 0 saturated heterocycles. The van der Waals surface area contributed by atoms with E-state index in [0.717, 1.165) is 12.3 Å². The van der Waals surface area contributed by atoms with Crippen LogP contribution in [0.15, 0.2) is 24.4 Å². The molecule has 19 heavy (non-hydrogen) atoms. The Bertz CT molecular complexity index is 651. The van der Waals surface area contributed by atoms with Crippen molar-refractivity contribution in [2.24, 2.45) is 0 Å². The van der Waals surface area contributed by atoms with Crippen LogP contribution in [-0.2, 0) is 0 Å². The molecule has 0 radical (unpaired) electrons. The number of benzene rings is 1. The van der Waals surface area contributed by atoms with Crippen molar-refractivity contribution in [3.63, 3.8) is 0 Å². The summed E-state index contributed by atoms with van der Waals surface area (Å²) in [4.78, 5) is 7.53. The van der Waals surface area contributed by atoms with Crippen molar-refractivity contribution >= 4 is 17.5 Å². The minimum Gasteiger partial charge on any atom is -0.357 e. The fourth-order valence-electron chi connectivity index (χ4n) is 1.44.